The van der Waals surface area contributed by atoms with Crippen molar-refractivity contribution in [3.05, 3.63) is 65.5 Å². The number of rotatable bonds is 4. The van der Waals surface area contributed by atoms with Crippen molar-refractivity contribution >= 4 is 5.91 Å². The summed E-state index contributed by atoms with van der Waals surface area (Å²) in [5.41, 5.74) is 1.49. The molecule has 1 amide bonds. The molecule has 0 unspecified atom stereocenters. The first-order valence-electron chi connectivity index (χ1n) is 6.26. The Bertz CT molecular complexity index is 594. The first-order chi connectivity index (χ1) is 9.58. The summed E-state index contributed by atoms with van der Waals surface area (Å²) in [6, 6.07) is 13.4. The molecule has 0 atom stereocenters. The molecule has 20 heavy (non-hydrogen) atoms. The molecule has 0 saturated heterocycles. The molecule has 0 bridgehead atoms. The number of amides is 1. The molecule has 0 aromatic heterocycles. The fourth-order valence-electron chi connectivity index (χ4n) is 1.72. The van der Waals surface area contributed by atoms with Crippen molar-refractivity contribution in [3.8, 4) is 5.75 Å². The summed E-state index contributed by atoms with van der Waals surface area (Å²) in [4.78, 5) is 13.2. The predicted molar refractivity (Wildman–Crippen MR) is 75.2 cm³/mol. The standard InChI is InChI=1S/C16H16FNO2/c1-18(2)16(19)13-9-7-12(8-10-13)11-20-15-6-4-3-5-14(15)17/h3-10H,11H2,1-2H3. The van der Waals surface area contributed by atoms with Crippen LogP contribution in [0.3, 0.4) is 0 Å². The van der Waals surface area contributed by atoms with E-state index < -0.39 is 0 Å². The van der Waals surface area contributed by atoms with Crippen LogP contribution in [0.15, 0.2) is 48.5 Å². The Kier molecular flexibility index (Phi) is 4.35. The molecule has 0 spiro atoms. The second-order valence-electron chi connectivity index (χ2n) is 4.62. The molecule has 0 radical (unpaired) electrons. The van der Waals surface area contributed by atoms with Crippen molar-refractivity contribution in [3.63, 3.8) is 0 Å². The lowest BCUT2D eigenvalue weighted by atomic mass is 10.1. The quantitative estimate of drug-likeness (QED) is 0.856. The monoisotopic (exact) mass is 273 g/mol. The highest BCUT2D eigenvalue weighted by Gasteiger charge is 2.07. The predicted octanol–water partition coefficient (Wildman–Crippen LogP) is 3.11. The Morgan fingerprint density at radius 2 is 1.75 bits per heavy atom. The summed E-state index contributed by atoms with van der Waals surface area (Å²) in [5.74, 6) is -0.209. The largest absolute Gasteiger partial charge is 0.486 e. The molecule has 104 valence electrons. The van der Waals surface area contributed by atoms with E-state index in [1.54, 1.807) is 56.6 Å². The average molecular weight is 273 g/mol. The molecular weight excluding hydrogens is 257 g/mol. The summed E-state index contributed by atoms with van der Waals surface area (Å²) in [7, 11) is 3.41. The zero-order valence-electron chi connectivity index (χ0n) is 11.5. The molecule has 4 heteroatoms. The van der Waals surface area contributed by atoms with Gasteiger partial charge < -0.3 is 9.64 Å². The van der Waals surface area contributed by atoms with E-state index in [0.717, 1.165) is 5.56 Å². The summed E-state index contributed by atoms with van der Waals surface area (Å²) in [5, 5.41) is 0. The van der Waals surface area contributed by atoms with Gasteiger partial charge in [0.2, 0.25) is 0 Å². The molecule has 2 aromatic carbocycles. The Hall–Kier alpha value is -2.36. The SMILES string of the molecule is CN(C)C(=O)c1ccc(COc2ccccc2F)cc1. The van der Waals surface area contributed by atoms with E-state index in [2.05, 4.69) is 0 Å². The highest BCUT2D eigenvalue weighted by Crippen LogP contribution is 2.17. The van der Waals surface area contributed by atoms with E-state index in [1.165, 1.54) is 11.0 Å². The summed E-state index contributed by atoms with van der Waals surface area (Å²) >= 11 is 0. The van der Waals surface area contributed by atoms with Crippen LogP contribution in [0.5, 0.6) is 5.75 Å². The van der Waals surface area contributed by atoms with Crippen LogP contribution in [0.1, 0.15) is 15.9 Å². The maximum atomic E-state index is 13.4. The van der Waals surface area contributed by atoms with Gasteiger partial charge in [0.25, 0.3) is 5.91 Å². The van der Waals surface area contributed by atoms with Crippen LogP contribution in [0.4, 0.5) is 4.39 Å². The van der Waals surface area contributed by atoms with Crippen LogP contribution >= 0.6 is 0 Å². The molecule has 0 aliphatic heterocycles. The fourth-order valence-corrected chi connectivity index (χ4v) is 1.72. The number of hydrogen-bond acceptors (Lipinski definition) is 2. The molecule has 0 N–H and O–H groups in total. The van der Waals surface area contributed by atoms with E-state index in [9.17, 15) is 9.18 Å². The Labute approximate surface area is 117 Å². The molecule has 0 fully saturated rings. The van der Waals surface area contributed by atoms with Crippen LogP contribution in [0.25, 0.3) is 0 Å². The Morgan fingerprint density at radius 1 is 1.10 bits per heavy atom. The van der Waals surface area contributed by atoms with Gasteiger partial charge in [-0.25, -0.2) is 4.39 Å². The Morgan fingerprint density at radius 3 is 2.35 bits per heavy atom. The minimum Gasteiger partial charge on any atom is -0.486 e. The van der Waals surface area contributed by atoms with E-state index in [0.29, 0.717) is 5.56 Å². The first-order valence-corrected chi connectivity index (χ1v) is 6.26. The number of nitrogens with zero attached hydrogens (tertiary/aromatic N) is 1. The number of ether oxygens (including phenoxy) is 1. The van der Waals surface area contributed by atoms with Gasteiger partial charge in [0.1, 0.15) is 6.61 Å². The van der Waals surface area contributed by atoms with E-state index >= 15 is 0 Å². The van der Waals surface area contributed by atoms with Crippen LogP contribution in [-0.2, 0) is 6.61 Å². The lowest BCUT2D eigenvalue weighted by Gasteiger charge is -2.11. The van der Waals surface area contributed by atoms with Gasteiger partial charge in [-0.05, 0) is 29.8 Å². The normalized spacial score (nSPS) is 10.2. The summed E-state index contributed by atoms with van der Waals surface area (Å²) in [6.45, 7) is 0.261. The zero-order chi connectivity index (χ0) is 14.5. The zero-order valence-corrected chi connectivity index (χ0v) is 11.5. The van der Waals surface area contributed by atoms with Crippen molar-refractivity contribution in [2.45, 2.75) is 6.61 Å². The third-order valence-corrected chi connectivity index (χ3v) is 2.84. The van der Waals surface area contributed by atoms with Gasteiger partial charge in [-0.2, -0.15) is 0 Å². The number of carbonyl (C=O) groups excluding carboxylic acids is 1. The average Bonchev–Trinajstić information content (AvgIpc) is 2.46. The minimum atomic E-state index is -0.382. The van der Waals surface area contributed by atoms with Crippen molar-refractivity contribution in [1.29, 1.82) is 0 Å². The van der Waals surface area contributed by atoms with Gasteiger partial charge in [-0.1, -0.05) is 24.3 Å². The van der Waals surface area contributed by atoms with E-state index in [4.69, 9.17) is 4.74 Å². The van der Waals surface area contributed by atoms with Gasteiger partial charge in [-0.3, -0.25) is 4.79 Å². The smallest absolute Gasteiger partial charge is 0.253 e. The number of halogens is 1. The molecule has 3 nitrogen and oxygen atoms in total. The van der Waals surface area contributed by atoms with Crippen LogP contribution in [0, 0.1) is 5.82 Å². The topological polar surface area (TPSA) is 29.5 Å². The Balaban J connectivity index is 2.01. The highest BCUT2D eigenvalue weighted by molar-refractivity contribution is 5.93. The molecule has 0 saturated carbocycles. The summed E-state index contributed by atoms with van der Waals surface area (Å²) in [6.07, 6.45) is 0. The molecule has 0 aliphatic carbocycles. The third-order valence-electron chi connectivity index (χ3n) is 2.84. The van der Waals surface area contributed by atoms with Crippen LogP contribution in [0.2, 0.25) is 0 Å². The van der Waals surface area contributed by atoms with Gasteiger partial charge in [-0.15, -0.1) is 0 Å². The maximum Gasteiger partial charge on any atom is 0.253 e. The van der Waals surface area contributed by atoms with Crippen molar-refractivity contribution in [2.24, 2.45) is 0 Å². The second kappa shape index (κ2) is 6.19. The summed E-state index contributed by atoms with van der Waals surface area (Å²) < 4.78 is 18.8. The van der Waals surface area contributed by atoms with Crippen molar-refractivity contribution < 1.29 is 13.9 Å². The highest BCUT2D eigenvalue weighted by atomic mass is 19.1. The van der Waals surface area contributed by atoms with Gasteiger partial charge in [0, 0.05) is 19.7 Å². The molecule has 2 aromatic rings. The first kappa shape index (κ1) is 14.1. The van der Waals surface area contributed by atoms with Crippen molar-refractivity contribution in [2.75, 3.05) is 14.1 Å². The lowest BCUT2D eigenvalue weighted by Crippen LogP contribution is -2.21. The van der Waals surface area contributed by atoms with E-state index in [-0.39, 0.29) is 24.1 Å². The number of carbonyl (C=O) groups is 1. The third kappa shape index (κ3) is 3.35. The second-order valence-corrected chi connectivity index (χ2v) is 4.62. The van der Waals surface area contributed by atoms with Crippen LogP contribution < -0.4 is 4.74 Å². The molecule has 2 rings (SSSR count). The molecule has 0 heterocycles. The number of hydrogen-bond donors (Lipinski definition) is 0. The van der Waals surface area contributed by atoms with Crippen molar-refractivity contribution in [1.82, 2.24) is 4.90 Å². The number of benzene rings is 2. The van der Waals surface area contributed by atoms with E-state index in [1.807, 2.05) is 0 Å². The van der Waals surface area contributed by atoms with Gasteiger partial charge in [0.05, 0.1) is 0 Å². The maximum absolute atomic E-state index is 13.4. The van der Waals surface area contributed by atoms with Gasteiger partial charge in [0.15, 0.2) is 11.6 Å². The minimum absolute atomic E-state index is 0.0495. The molecule has 0 aliphatic rings. The molecular formula is C16H16FNO2. The lowest BCUT2D eigenvalue weighted by molar-refractivity contribution is 0.0827. The van der Waals surface area contributed by atoms with Crippen LogP contribution in [-0.4, -0.2) is 24.9 Å². The van der Waals surface area contributed by atoms with Gasteiger partial charge >= 0.3 is 0 Å². The number of para-hydroxylation sites is 1. The fraction of sp³-hybridized carbons (Fsp3) is 0.188.